The van der Waals surface area contributed by atoms with Crippen molar-refractivity contribution in [1.82, 2.24) is 0 Å². The molecule has 2 aromatic carbocycles. The normalized spacial score (nSPS) is 17.1. The van der Waals surface area contributed by atoms with E-state index in [1.807, 2.05) is 54.3 Å². The molecule has 0 aliphatic carbocycles. The largest absolute Gasteiger partial charge is 0.303 e. The third-order valence-corrected chi connectivity index (χ3v) is 4.12. The second-order valence-corrected chi connectivity index (χ2v) is 5.49. The van der Waals surface area contributed by atoms with Gasteiger partial charge >= 0.3 is 0 Å². The topological polar surface area (TPSA) is 20.3 Å². The monoisotopic (exact) mass is 285 g/mol. The predicted octanol–water partition coefficient (Wildman–Crippen LogP) is 3.81. The van der Waals surface area contributed by atoms with Gasteiger partial charge in [0, 0.05) is 17.1 Å². The van der Waals surface area contributed by atoms with E-state index in [0.717, 1.165) is 17.7 Å². The number of amides is 1. The lowest BCUT2D eigenvalue weighted by Gasteiger charge is -2.24. The summed E-state index contributed by atoms with van der Waals surface area (Å²) in [6.07, 6.45) is 0.831. The third-order valence-electron chi connectivity index (χ3n) is 3.77. The van der Waals surface area contributed by atoms with Gasteiger partial charge in [0.05, 0.1) is 6.04 Å². The summed E-state index contributed by atoms with van der Waals surface area (Å²) < 4.78 is 0. The van der Waals surface area contributed by atoms with Crippen LogP contribution in [0.15, 0.2) is 48.5 Å². The Kier molecular flexibility index (Phi) is 3.49. The molecule has 0 saturated carbocycles. The summed E-state index contributed by atoms with van der Waals surface area (Å²) >= 11 is 6.06. The Morgan fingerprint density at radius 1 is 1.20 bits per heavy atom. The quantitative estimate of drug-likeness (QED) is 0.769. The van der Waals surface area contributed by atoms with Crippen LogP contribution < -0.4 is 4.90 Å². The molecule has 1 heterocycles. The molecule has 0 radical (unpaired) electrons. The molecule has 0 bridgehead atoms. The molecule has 102 valence electrons. The lowest BCUT2D eigenvalue weighted by molar-refractivity contribution is 0.0981. The molecule has 0 saturated heterocycles. The number of aryl methyl sites for hydroxylation is 1. The molecule has 1 amide bonds. The molecule has 1 unspecified atom stereocenters. The van der Waals surface area contributed by atoms with Gasteiger partial charge in [-0.2, -0.15) is 0 Å². The number of alkyl halides is 1. The number of rotatable bonds is 2. The first-order chi connectivity index (χ1) is 9.70. The van der Waals surface area contributed by atoms with Gasteiger partial charge in [-0.1, -0.05) is 35.9 Å². The fourth-order valence-electron chi connectivity index (χ4n) is 2.69. The Labute approximate surface area is 124 Å². The van der Waals surface area contributed by atoms with Crippen LogP contribution in [0.1, 0.15) is 21.5 Å². The van der Waals surface area contributed by atoms with Gasteiger partial charge in [-0.3, -0.25) is 4.79 Å². The highest BCUT2D eigenvalue weighted by molar-refractivity contribution is 6.19. The van der Waals surface area contributed by atoms with Crippen LogP contribution in [0, 0.1) is 6.92 Å². The minimum atomic E-state index is 0.0283. The number of para-hydroxylation sites is 1. The molecular weight excluding hydrogens is 270 g/mol. The van der Waals surface area contributed by atoms with E-state index >= 15 is 0 Å². The molecule has 1 aliphatic rings. The Morgan fingerprint density at radius 2 is 1.90 bits per heavy atom. The minimum absolute atomic E-state index is 0.0283. The summed E-state index contributed by atoms with van der Waals surface area (Å²) in [6.45, 7) is 2.01. The number of nitrogens with zero attached hydrogens (tertiary/aromatic N) is 1. The molecular formula is C17H16ClNO. The number of hydrogen-bond acceptors (Lipinski definition) is 1. The molecule has 2 nitrogen and oxygen atoms in total. The van der Waals surface area contributed by atoms with Gasteiger partial charge in [-0.15, -0.1) is 11.6 Å². The van der Waals surface area contributed by atoms with Gasteiger partial charge in [0.2, 0.25) is 0 Å². The highest BCUT2D eigenvalue weighted by Gasteiger charge is 2.33. The van der Waals surface area contributed by atoms with Gasteiger partial charge in [-0.05, 0) is 37.1 Å². The molecule has 0 N–H and O–H groups in total. The maximum Gasteiger partial charge on any atom is 0.258 e. The summed E-state index contributed by atoms with van der Waals surface area (Å²) in [6, 6.07) is 15.8. The van der Waals surface area contributed by atoms with Crippen LogP contribution in [0.5, 0.6) is 0 Å². The molecule has 0 spiro atoms. The molecule has 2 aromatic rings. The van der Waals surface area contributed by atoms with Crippen molar-refractivity contribution in [3.8, 4) is 0 Å². The van der Waals surface area contributed by atoms with Crippen molar-refractivity contribution >= 4 is 23.2 Å². The number of hydrogen-bond donors (Lipinski definition) is 0. The lowest BCUT2D eigenvalue weighted by atomic mass is 10.1. The standard InChI is InChI=1S/C17H16ClNO/c1-12-6-8-13(9-7-12)17(20)19-15(11-18)10-14-4-2-3-5-16(14)19/h2-9,15H,10-11H2,1H3. The van der Waals surface area contributed by atoms with Crippen molar-refractivity contribution in [2.24, 2.45) is 0 Å². The number of anilines is 1. The van der Waals surface area contributed by atoms with Crippen LogP contribution in [0.25, 0.3) is 0 Å². The summed E-state index contributed by atoms with van der Waals surface area (Å²) in [5.74, 6) is 0.479. The summed E-state index contributed by atoms with van der Waals surface area (Å²) in [7, 11) is 0. The van der Waals surface area contributed by atoms with Crippen LogP contribution in [0.3, 0.4) is 0 Å². The van der Waals surface area contributed by atoms with E-state index in [2.05, 4.69) is 6.07 Å². The second-order valence-electron chi connectivity index (χ2n) is 5.18. The van der Waals surface area contributed by atoms with Crippen molar-refractivity contribution in [3.63, 3.8) is 0 Å². The van der Waals surface area contributed by atoms with E-state index in [4.69, 9.17) is 11.6 Å². The molecule has 3 heteroatoms. The van der Waals surface area contributed by atoms with Crippen molar-refractivity contribution in [1.29, 1.82) is 0 Å². The average molecular weight is 286 g/mol. The maximum atomic E-state index is 12.8. The Bertz CT molecular complexity index is 636. The van der Waals surface area contributed by atoms with E-state index < -0.39 is 0 Å². The molecule has 1 aliphatic heterocycles. The Morgan fingerprint density at radius 3 is 2.60 bits per heavy atom. The van der Waals surface area contributed by atoms with Crippen molar-refractivity contribution in [2.75, 3.05) is 10.8 Å². The zero-order valence-corrected chi connectivity index (χ0v) is 12.1. The smallest absolute Gasteiger partial charge is 0.258 e. The van der Waals surface area contributed by atoms with E-state index in [0.29, 0.717) is 11.4 Å². The SMILES string of the molecule is Cc1ccc(C(=O)N2c3ccccc3CC2CCl)cc1. The van der Waals surface area contributed by atoms with Crippen molar-refractivity contribution < 1.29 is 4.79 Å². The van der Waals surface area contributed by atoms with Crippen LogP contribution in [-0.2, 0) is 6.42 Å². The molecule has 0 fully saturated rings. The fraction of sp³-hybridized carbons (Fsp3) is 0.235. The van der Waals surface area contributed by atoms with Gasteiger partial charge in [0.1, 0.15) is 0 Å². The van der Waals surface area contributed by atoms with E-state index in [-0.39, 0.29) is 11.9 Å². The number of halogens is 1. The van der Waals surface area contributed by atoms with Crippen molar-refractivity contribution in [2.45, 2.75) is 19.4 Å². The Hall–Kier alpha value is -1.80. The second kappa shape index (κ2) is 5.29. The number of carbonyl (C=O) groups is 1. The predicted molar refractivity (Wildman–Crippen MR) is 82.6 cm³/mol. The highest BCUT2D eigenvalue weighted by Crippen LogP contribution is 2.33. The fourth-order valence-corrected chi connectivity index (χ4v) is 2.94. The molecule has 3 rings (SSSR count). The van der Waals surface area contributed by atoms with Crippen LogP contribution in [-0.4, -0.2) is 17.8 Å². The van der Waals surface area contributed by atoms with Gasteiger partial charge in [0.25, 0.3) is 5.91 Å². The van der Waals surface area contributed by atoms with E-state index in [1.165, 1.54) is 5.56 Å². The zero-order valence-electron chi connectivity index (χ0n) is 11.3. The first kappa shape index (κ1) is 13.2. The van der Waals surface area contributed by atoms with E-state index in [9.17, 15) is 4.79 Å². The van der Waals surface area contributed by atoms with Crippen LogP contribution in [0.2, 0.25) is 0 Å². The van der Waals surface area contributed by atoms with Gasteiger partial charge in [0.15, 0.2) is 0 Å². The van der Waals surface area contributed by atoms with Crippen LogP contribution >= 0.6 is 11.6 Å². The lowest BCUT2D eigenvalue weighted by Crippen LogP contribution is -2.38. The first-order valence-corrected chi connectivity index (χ1v) is 7.28. The van der Waals surface area contributed by atoms with Gasteiger partial charge in [-0.25, -0.2) is 0 Å². The summed E-state index contributed by atoms with van der Waals surface area (Å²) in [4.78, 5) is 14.6. The van der Waals surface area contributed by atoms with Crippen molar-refractivity contribution in [3.05, 3.63) is 65.2 Å². The molecule has 20 heavy (non-hydrogen) atoms. The minimum Gasteiger partial charge on any atom is -0.303 e. The maximum absolute atomic E-state index is 12.8. The third kappa shape index (κ3) is 2.20. The zero-order chi connectivity index (χ0) is 14.1. The first-order valence-electron chi connectivity index (χ1n) is 6.75. The highest BCUT2D eigenvalue weighted by atomic mass is 35.5. The average Bonchev–Trinajstić information content (AvgIpc) is 2.85. The summed E-state index contributed by atoms with van der Waals surface area (Å²) in [5, 5.41) is 0. The number of carbonyl (C=O) groups excluding carboxylic acids is 1. The molecule has 0 aromatic heterocycles. The summed E-state index contributed by atoms with van der Waals surface area (Å²) in [5.41, 5.74) is 4.04. The van der Waals surface area contributed by atoms with Gasteiger partial charge < -0.3 is 4.90 Å². The number of fused-ring (bicyclic) bond motifs is 1. The van der Waals surface area contributed by atoms with Crippen LogP contribution in [0.4, 0.5) is 5.69 Å². The number of benzene rings is 2. The van der Waals surface area contributed by atoms with E-state index in [1.54, 1.807) is 0 Å². The Balaban J connectivity index is 1.99. The molecule has 1 atom stereocenters.